The molecule has 0 bridgehead atoms. The fraction of sp³-hybridized carbons (Fsp3) is 0.200. The number of ether oxygens (including phenoxy) is 2. The van der Waals surface area contributed by atoms with Crippen molar-refractivity contribution in [2.75, 3.05) is 13.7 Å². The first-order valence-corrected chi connectivity index (χ1v) is 11.6. The highest BCUT2D eigenvalue weighted by Crippen LogP contribution is 2.40. The summed E-state index contributed by atoms with van der Waals surface area (Å²) in [4.78, 5) is 11.2. The van der Waals surface area contributed by atoms with Gasteiger partial charge in [-0.1, -0.05) is 42.1 Å². The largest absolute Gasteiger partial charge is 0.497 e. The van der Waals surface area contributed by atoms with Gasteiger partial charge in [0.2, 0.25) is 6.54 Å². The van der Waals surface area contributed by atoms with E-state index < -0.39 is 5.25 Å². The second kappa shape index (κ2) is 11.0. The van der Waals surface area contributed by atoms with Gasteiger partial charge in [0.05, 0.1) is 7.11 Å². The Bertz CT molecular complexity index is 1310. The van der Waals surface area contributed by atoms with Crippen molar-refractivity contribution in [2.24, 2.45) is 0 Å². The molecule has 1 heterocycles. The third kappa shape index (κ3) is 5.96. The average Bonchev–Trinajstić information content (AvgIpc) is 3.22. The van der Waals surface area contributed by atoms with Crippen molar-refractivity contribution in [3.8, 4) is 17.2 Å². The topological polar surface area (TPSA) is 92.3 Å². The maximum absolute atomic E-state index is 13.6. The number of hydrogen-bond acceptors (Lipinski definition) is 7. The molecule has 0 radical (unpaired) electrons. The Labute approximate surface area is 205 Å². The van der Waals surface area contributed by atoms with Gasteiger partial charge in [-0.05, 0) is 55.0 Å². The molecule has 0 saturated heterocycles. The highest BCUT2D eigenvalue weighted by atomic mass is 32.2. The van der Waals surface area contributed by atoms with Crippen LogP contribution in [0.2, 0.25) is 0 Å². The van der Waals surface area contributed by atoms with Gasteiger partial charge in [-0.2, -0.15) is 0 Å². The molecule has 0 amide bonds. The van der Waals surface area contributed by atoms with E-state index in [1.165, 1.54) is 23.9 Å². The summed E-state index contributed by atoms with van der Waals surface area (Å²) in [5.74, 6) is 1.50. The zero-order chi connectivity index (χ0) is 24.8. The summed E-state index contributed by atoms with van der Waals surface area (Å²) in [5, 5.41) is 20.0. The minimum Gasteiger partial charge on any atom is -0.497 e. The zero-order valence-electron chi connectivity index (χ0n) is 19.1. The van der Waals surface area contributed by atoms with E-state index in [9.17, 15) is 14.5 Å². The number of aryl methyl sites for hydroxylation is 1. The monoisotopic (exact) mass is 494 g/mol. The molecule has 0 aliphatic carbocycles. The van der Waals surface area contributed by atoms with Crippen LogP contribution in [0.15, 0.2) is 78.0 Å². The Hall–Kier alpha value is -3.92. The van der Waals surface area contributed by atoms with Crippen LogP contribution in [0.5, 0.6) is 11.5 Å². The molecule has 10 heteroatoms. The smallest absolute Gasteiger partial charge is 0.220 e. The third-order valence-electron chi connectivity index (χ3n) is 5.24. The summed E-state index contributed by atoms with van der Waals surface area (Å²) in [5.41, 5.74) is 2.12. The number of thioether (sulfide) groups is 1. The molecular formula is C25H23FN4O4S. The van der Waals surface area contributed by atoms with Gasteiger partial charge in [-0.15, -0.1) is 10.2 Å². The summed E-state index contributed by atoms with van der Waals surface area (Å²) in [6.07, 6.45) is 0. The van der Waals surface area contributed by atoms with E-state index in [2.05, 4.69) is 10.2 Å². The van der Waals surface area contributed by atoms with Gasteiger partial charge >= 0.3 is 0 Å². The number of para-hydroxylation sites is 1. The summed E-state index contributed by atoms with van der Waals surface area (Å²) in [7, 11) is 1.59. The highest BCUT2D eigenvalue weighted by molar-refractivity contribution is 7.99. The molecule has 0 spiro atoms. The Morgan fingerprint density at radius 3 is 2.57 bits per heavy atom. The van der Waals surface area contributed by atoms with Crippen LogP contribution in [-0.2, 0) is 6.61 Å². The quantitative estimate of drug-likeness (QED) is 0.165. The van der Waals surface area contributed by atoms with Gasteiger partial charge in [0.25, 0.3) is 0 Å². The molecule has 4 rings (SSSR count). The number of aromatic nitrogens is 3. The van der Waals surface area contributed by atoms with Crippen LogP contribution in [-0.4, -0.2) is 33.3 Å². The zero-order valence-corrected chi connectivity index (χ0v) is 19.9. The Morgan fingerprint density at radius 2 is 1.86 bits per heavy atom. The first-order valence-electron chi connectivity index (χ1n) is 10.8. The van der Waals surface area contributed by atoms with Crippen LogP contribution in [0.4, 0.5) is 4.39 Å². The van der Waals surface area contributed by atoms with E-state index in [0.717, 1.165) is 5.69 Å². The fourth-order valence-corrected chi connectivity index (χ4v) is 4.78. The molecule has 0 unspecified atom stereocenters. The lowest BCUT2D eigenvalue weighted by Crippen LogP contribution is -2.12. The number of rotatable bonds is 10. The van der Waals surface area contributed by atoms with Gasteiger partial charge in [-0.3, -0.25) is 14.7 Å². The number of nitro groups is 1. The SMILES string of the molecule is COc1ccc(-n2c(C)nnc2S[C@H](C[N+](=O)[O-])c2ccccc2OCc2cccc(F)c2)cc1. The predicted octanol–water partition coefficient (Wildman–Crippen LogP) is 5.41. The van der Waals surface area contributed by atoms with Crippen LogP contribution in [0.3, 0.4) is 0 Å². The Balaban J connectivity index is 1.63. The number of benzene rings is 3. The molecule has 1 atom stereocenters. The van der Waals surface area contributed by atoms with Crippen molar-refractivity contribution >= 4 is 11.8 Å². The predicted molar refractivity (Wildman–Crippen MR) is 130 cm³/mol. The van der Waals surface area contributed by atoms with Gasteiger partial charge in [0, 0.05) is 16.2 Å². The molecule has 180 valence electrons. The third-order valence-corrected chi connectivity index (χ3v) is 6.40. The van der Waals surface area contributed by atoms with E-state index in [4.69, 9.17) is 9.47 Å². The van der Waals surface area contributed by atoms with Crippen LogP contribution in [0.1, 0.15) is 22.2 Å². The second-order valence-electron chi connectivity index (χ2n) is 7.64. The van der Waals surface area contributed by atoms with Crippen molar-refractivity contribution in [3.63, 3.8) is 0 Å². The summed E-state index contributed by atoms with van der Waals surface area (Å²) in [6.45, 7) is 1.60. The minimum absolute atomic E-state index is 0.131. The Morgan fingerprint density at radius 1 is 1.09 bits per heavy atom. The van der Waals surface area contributed by atoms with Gasteiger partial charge in [0.15, 0.2) is 5.16 Å². The first kappa shape index (κ1) is 24.2. The lowest BCUT2D eigenvalue weighted by molar-refractivity contribution is -0.479. The van der Waals surface area contributed by atoms with Crippen molar-refractivity contribution in [1.82, 2.24) is 14.8 Å². The molecule has 35 heavy (non-hydrogen) atoms. The van der Waals surface area contributed by atoms with Crippen molar-refractivity contribution in [3.05, 3.63) is 106 Å². The van der Waals surface area contributed by atoms with Crippen molar-refractivity contribution < 1.29 is 18.8 Å². The van der Waals surface area contributed by atoms with E-state index >= 15 is 0 Å². The summed E-state index contributed by atoms with van der Waals surface area (Å²) in [6, 6.07) is 20.7. The molecule has 1 aromatic heterocycles. The molecule has 4 aromatic rings. The van der Waals surface area contributed by atoms with Gasteiger partial charge < -0.3 is 9.47 Å². The first-order chi connectivity index (χ1) is 16.9. The molecule has 0 saturated carbocycles. The summed E-state index contributed by atoms with van der Waals surface area (Å²) >= 11 is 1.24. The van der Waals surface area contributed by atoms with Crippen molar-refractivity contribution in [2.45, 2.75) is 23.9 Å². The molecule has 0 N–H and O–H groups in total. The lowest BCUT2D eigenvalue weighted by atomic mass is 10.1. The van der Waals surface area contributed by atoms with Gasteiger partial charge in [-0.25, -0.2) is 4.39 Å². The van der Waals surface area contributed by atoms with E-state index in [-0.39, 0.29) is 23.9 Å². The normalized spacial score (nSPS) is 11.7. The molecule has 0 aliphatic heterocycles. The highest BCUT2D eigenvalue weighted by Gasteiger charge is 2.26. The maximum Gasteiger partial charge on any atom is 0.220 e. The second-order valence-corrected chi connectivity index (χ2v) is 8.81. The van der Waals surface area contributed by atoms with Crippen molar-refractivity contribution in [1.29, 1.82) is 0 Å². The number of halogens is 1. The van der Waals surface area contributed by atoms with Crippen LogP contribution >= 0.6 is 11.8 Å². The van der Waals surface area contributed by atoms with E-state index in [0.29, 0.717) is 33.6 Å². The molecule has 8 nitrogen and oxygen atoms in total. The number of methoxy groups -OCH3 is 1. The minimum atomic E-state index is -0.602. The molecular weight excluding hydrogens is 471 g/mol. The van der Waals surface area contributed by atoms with Crippen LogP contribution < -0.4 is 9.47 Å². The fourth-order valence-electron chi connectivity index (χ4n) is 3.58. The molecule has 3 aromatic carbocycles. The lowest BCUT2D eigenvalue weighted by Gasteiger charge is -2.18. The summed E-state index contributed by atoms with van der Waals surface area (Å²) < 4.78 is 26.6. The number of nitrogens with zero attached hydrogens (tertiary/aromatic N) is 4. The van der Waals surface area contributed by atoms with E-state index in [1.807, 2.05) is 35.8 Å². The van der Waals surface area contributed by atoms with Gasteiger partial charge in [0.1, 0.15) is 35.0 Å². The van der Waals surface area contributed by atoms with Crippen LogP contribution in [0.25, 0.3) is 5.69 Å². The molecule has 0 aliphatic rings. The Kier molecular flexibility index (Phi) is 7.61. The van der Waals surface area contributed by atoms with Crippen LogP contribution in [0, 0.1) is 22.9 Å². The maximum atomic E-state index is 13.6. The number of hydrogen-bond donors (Lipinski definition) is 0. The molecule has 0 fully saturated rings. The van der Waals surface area contributed by atoms with E-state index in [1.54, 1.807) is 43.5 Å². The average molecular weight is 495 g/mol. The standard InChI is InChI=1S/C25H23FN4O4S/c1-17-27-28-25(30(17)20-10-12-21(33-2)13-11-20)35-24(15-29(31)32)22-8-3-4-9-23(22)34-16-18-6-5-7-19(26)14-18/h3-14,24H,15-16H2,1-2H3/t24-/m1/s1.